The molecule has 1 aromatic heterocycles. The molecule has 4 heteroatoms. The van der Waals surface area contributed by atoms with Crippen molar-refractivity contribution in [2.75, 3.05) is 19.4 Å². The lowest BCUT2D eigenvalue weighted by Crippen LogP contribution is -2.11. The Hall–Kier alpha value is -1.81. The Morgan fingerprint density at radius 3 is 2.84 bits per heavy atom. The molecule has 2 rings (SSSR count). The third-order valence-electron chi connectivity index (χ3n) is 3.00. The summed E-state index contributed by atoms with van der Waals surface area (Å²) in [7, 11) is 4.17. The van der Waals surface area contributed by atoms with Crippen molar-refractivity contribution in [3.8, 4) is 0 Å². The van der Waals surface area contributed by atoms with E-state index in [0.717, 1.165) is 25.3 Å². The molecule has 0 aliphatic carbocycles. The van der Waals surface area contributed by atoms with E-state index in [1.165, 1.54) is 11.3 Å². The van der Waals surface area contributed by atoms with Crippen molar-refractivity contribution in [2.45, 2.75) is 26.6 Å². The van der Waals surface area contributed by atoms with E-state index in [2.05, 4.69) is 66.7 Å². The van der Waals surface area contributed by atoms with E-state index in [9.17, 15) is 0 Å². The second-order valence-corrected chi connectivity index (χ2v) is 4.93. The van der Waals surface area contributed by atoms with E-state index >= 15 is 0 Å². The Balaban J connectivity index is 1.99. The van der Waals surface area contributed by atoms with E-state index in [1.807, 2.05) is 10.9 Å². The van der Waals surface area contributed by atoms with Crippen LogP contribution in [0.4, 0.5) is 5.69 Å². The zero-order valence-electron chi connectivity index (χ0n) is 11.9. The van der Waals surface area contributed by atoms with Gasteiger partial charge in [-0.1, -0.05) is 12.1 Å². The minimum absolute atomic E-state index is 0.805. The van der Waals surface area contributed by atoms with Gasteiger partial charge in [0.05, 0.1) is 12.2 Å². The van der Waals surface area contributed by atoms with Crippen LogP contribution in [0.2, 0.25) is 0 Å². The van der Waals surface area contributed by atoms with Crippen molar-refractivity contribution >= 4 is 5.69 Å². The normalized spacial score (nSPS) is 10.9. The summed E-state index contributed by atoms with van der Waals surface area (Å²) in [6.07, 6.45) is 1.85. The van der Waals surface area contributed by atoms with Gasteiger partial charge in [-0.15, -0.1) is 0 Å². The lowest BCUT2D eigenvalue weighted by molar-refractivity contribution is 0.402. The first-order chi connectivity index (χ1) is 9.19. The highest BCUT2D eigenvalue weighted by atomic mass is 15.3. The van der Waals surface area contributed by atoms with E-state index in [1.54, 1.807) is 0 Å². The van der Waals surface area contributed by atoms with Gasteiger partial charge in [-0.05, 0) is 44.8 Å². The van der Waals surface area contributed by atoms with Crippen molar-refractivity contribution in [2.24, 2.45) is 0 Å². The number of benzene rings is 1. The number of nitrogens with zero attached hydrogens (tertiary/aromatic N) is 3. The number of hydrogen-bond donors (Lipinski definition) is 1. The van der Waals surface area contributed by atoms with Gasteiger partial charge in [0.25, 0.3) is 0 Å². The van der Waals surface area contributed by atoms with E-state index in [4.69, 9.17) is 0 Å². The van der Waals surface area contributed by atoms with Gasteiger partial charge in [0.15, 0.2) is 0 Å². The first-order valence-electron chi connectivity index (χ1n) is 6.67. The van der Waals surface area contributed by atoms with Crippen molar-refractivity contribution < 1.29 is 0 Å². The molecule has 0 aliphatic heterocycles. The summed E-state index contributed by atoms with van der Waals surface area (Å²) >= 11 is 0. The lowest BCUT2D eigenvalue weighted by atomic mass is 10.2. The van der Waals surface area contributed by atoms with Gasteiger partial charge in [0, 0.05) is 25.0 Å². The average molecular weight is 258 g/mol. The fraction of sp³-hybridized carbons (Fsp3) is 0.400. The topological polar surface area (TPSA) is 33.1 Å². The predicted octanol–water partition coefficient (Wildman–Crippen LogP) is 2.58. The molecule has 0 atom stereocenters. The standard InChI is InChI=1S/C15H22N4/c1-4-19-15(8-9-17-19)11-16-14-7-5-6-13(10-14)12-18(2)3/h5-10,16H,4,11-12H2,1-3H3. The number of anilines is 1. The van der Waals surface area contributed by atoms with Crippen molar-refractivity contribution in [1.82, 2.24) is 14.7 Å². The third-order valence-corrected chi connectivity index (χ3v) is 3.00. The smallest absolute Gasteiger partial charge is 0.0575 e. The highest BCUT2D eigenvalue weighted by Gasteiger charge is 2.01. The maximum Gasteiger partial charge on any atom is 0.0575 e. The van der Waals surface area contributed by atoms with Crippen LogP contribution in [0.1, 0.15) is 18.2 Å². The fourth-order valence-corrected chi connectivity index (χ4v) is 2.13. The second-order valence-electron chi connectivity index (χ2n) is 4.93. The zero-order valence-corrected chi connectivity index (χ0v) is 11.9. The molecule has 1 N–H and O–H groups in total. The molecule has 2 aromatic rings. The Morgan fingerprint density at radius 1 is 1.26 bits per heavy atom. The SMILES string of the molecule is CCn1nccc1CNc1cccc(CN(C)C)c1. The van der Waals surface area contributed by atoms with Crippen LogP contribution in [-0.2, 0) is 19.6 Å². The lowest BCUT2D eigenvalue weighted by Gasteiger charge is -2.12. The van der Waals surface area contributed by atoms with Gasteiger partial charge in [-0.2, -0.15) is 5.10 Å². The van der Waals surface area contributed by atoms with Gasteiger partial charge in [-0.25, -0.2) is 0 Å². The summed E-state index contributed by atoms with van der Waals surface area (Å²) in [6.45, 7) is 4.78. The second kappa shape index (κ2) is 6.38. The molecular formula is C15H22N4. The van der Waals surface area contributed by atoms with E-state index in [0.29, 0.717) is 0 Å². The quantitative estimate of drug-likeness (QED) is 0.864. The molecule has 0 aliphatic rings. The molecule has 19 heavy (non-hydrogen) atoms. The summed E-state index contributed by atoms with van der Waals surface area (Å²) in [5, 5.41) is 7.73. The predicted molar refractivity (Wildman–Crippen MR) is 79.1 cm³/mol. The third kappa shape index (κ3) is 3.83. The summed E-state index contributed by atoms with van der Waals surface area (Å²) in [5.41, 5.74) is 3.68. The van der Waals surface area contributed by atoms with Crippen molar-refractivity contribution in [3.05, 3.63) is 47.8 Å². The summed E-state index contributed by atoms with van der Waals surface area (Å²) in [4.78, 5) is 2.17. The van der Waals surface area contributed by atoms with Crippen LogP contribution >= 0.6 is 0 Å². The number of nitrogens with one attached hydrogen (secondary N) is 1. The molecule has 0 amide bonds. The monoisotopic (exact) mass is 258 g/mol. The van der Waals surface area contributed by atoms with Crippen molar-refractivity contribution in [3.63, 3.8) is 0 Å². The van der Waals surface area contributed by atoms with Gasteiger partial charge >= 0.3 is 0 Å². The minimum Gasteiger partial charge on any atom is -0.379 e. The van der Waals surface area contributed by atoms with Gasteiger partial charge < -0.3 is 10.2 Å². The molecule has 0 saturated heterocycles. The molecular weight excluding hydrogens is 236 g/mol. The zero-order chi connectivity index (χ0) is 13.7. The van der Waals surface area contributed by atoms with E-state index < -0.39 is 0 Å². The highest BCUT2D eigenvalue weighted by molar-refractivity contribution is 5.45. The molecule has 1 aromatic carbocycles. The first-order valence-corrected chi connectivity index (χ1v) is 6.67. The Bertz CT molecular complexity index is 516. The van der Waals surface area contributed by atoms with Gasteiger partial charge in [0.2, 0.25) is 0 Å². The Morgan fingerprint density at radius 2 is 2.11 bits per heavy atom. The van der Waals surface area contributed by atoms with Crippen LogP contribution in [-0.4, -0.2) is 28.8 Å². The van der Waals surface area contributed by atoms with Crippen LogP contribution in [0, 0.1) is 0 Å². The van der Waals surface area contributed by atoms with Crippen LogP contribution < -0.4 is 5.32 Å². The first kappa shape index (κ1) is 13.6. The highest BCUT2D eigenvalue weighted by Crippen LogP contribution is 2.13. The maximum absolute atomic E-state index is 4.27. The summed E-state index contributed by atoms with van der Waals surface area (Å²) in [6, 6.07) is 10.6. The minimum atomic E-state index is 0.805. The molecule has 1 heterocycles. The number of hydrogen-bond acceptors (Lipinski definition) is 3. The summed E-state index contributed by atoms with van der Waals surface area (Å²) in [5.74, 6) is 0. The number of aryl methyl sites for hydroxylation is 1. The largest absolute Gasteiger partial charge is 0.379 e. The average Bonchev–Trinajstić information content (AvgIpc) is 2.83. The molecule has 0 spiro atoms. The van der Waals surface area contributed by atoms with Crippen molar-refractivity contribution in [1.29, 1.82) is 0 Å². The number of aromatic nitrogens is 2. The van der Waals surface area contributed by atoms with E-state index in [-0.39, 0.29) is 0 Å². The van der Waals surface area contributed by atoms with Gasteiger partial charge in [0.1, 0.15) is 0 Å². The molecule has 0 fully saturated rings. The fourth-order valence-electron chi connectivity index (χ4n) is 2.13. The van der Waals surface area contributed by atoms with Gasteiger partial charge in [-0.3, -0.25) is 4.68 Å². The molecule has 0 bridgehead atoms. The summed E-state index contributed by atoms with van der Waals surface area (Å²) < 4.78 is 2.01. The Labute approximate surface area is 115 Å². The van der Waals surface area contributed by atoms with Crippen LogP contribution in [0.15, 0.2) is 36.5 Å². The molecule has 0 saturated carbocycles. The molecule has 102 valence electrons. The van der Waals surface area contributed by atoms with Crippen LogP contribution in [0.25, 0.3) is 0 Å². The molecule has 0 unspecified atom stereocenters. The molecule has 4 nitrogen and oxygen atoms in total. The maximum atomic E-state index is 4.27. The number of rotatable bonds is 6. The Kier molecular flexibility index (Phi) is 4.58. The van der Waals surface area contributed by atoms with Crippen LogP contribution in [0.3, 0.4) is 0 Å². The molecule has 0 radical (unpaired) electrons. The van der Waals surface area contributed by atoms with Crippen LogP contribution in [0.5, 0.6) is 0 Å².